The Balaban J connectivity index is 0.00000304. The zero-order valence-electron chi connectivity index (χ0n) is 21.2. The lowest BCUT2D eigenvalue weighted by atomic mass is 10.00. The Hall–Kier alpha value is -2.64. The first-order valence-corrected chi connectivity index (χ1v) is 12.7. The van der Waals surface area contributed by atoms with Gasteiger partial charge in [0.15, 0.2) is 0 Å². The Bertz CT molecular complexity index is 1210. The predicted molar refractivity (Wildman–Crippen MR) is 159 cm³/mol. The van der Waals surface area contributed by atoms with Crippen LogP contribution in [-0.4, -0.2) is 37.6 Å². The Kier molecular flexibility index (Phi) is 8.86. The van der Waals surface area contributed by atoms with Crippen molar-refractivity contribution in [1.82, 2.24) is 4.90 Å². The number of amides is 1. The second-order valence-electron chi connectivity index (χ2n) is 9.75. The number of hydrogen-bond acceptors (Lipinski definition) is 3. The molecule has 188 valence electrons. The van der Waals surface area contributed by atoms with Crippen LogP contribution in [0.4, 0.5) is 5.69 Å². The summed E-state index contributed by atoms with van der Waals surface area (Å²) < 4.78 is 5.98. The lowest BCUT2D eigenvalue weighted by Crippen LogP contribution is -2.29. The van der Waals surface area contributed by atoms with E-state index in [9.17, 15) is 4.79 Å². The summed E-state index contributed by atoms with van der Waals surface area (Å²) in [5, 5.41) is 0. The van der Waals surface area contributed by atoms with Gasteiger partial charge in [-0.25, -0.2) is 0 Å². The molecule has 3 aromatic carbocycles. The molecule has 2 heterocycles. The molecule has 5 heteroatoms. The number of aryl methyl sites for hydroxylation is 1. The third-order valence-corrected chi connectivity index (χ3v) is 7.11. The fraction of sp³-hybridized carbons (Fsp3) is 0.323. The second-order valence-corrected chi connectivity index (χ2v) is 9.75. The van der Waals surface area contributed by atoms with Gasteiger partial charge < -0.3 is 9.64 Å². The molecule has 0 saturated carbocycles. The fourth-order valence-corrected chi connectivity index (χ4v) is 4.95. The molecule has 4 nitrogen and oxygen atoms in total. The third kappa shape index (κ3) is 6.19. The first-order valence-electron chi connectivity index (χ1n) is 12.7. The topological polar surface area (TPSA) is 32.8 Å². The monoisotopic (exact) mass is 594 g/mol. The van der Waals surface area contributed by atoms with Crippen LogP contribution < -0.4 is 9.64 Å². The summed E-state index contributed by atoms with van der Waals surface area (Å²) in [6.45, 7) is 5.94. The van der Waals surface area contributed by atoms with Gasteiger partial charge in [-0.2, -0.15) is 0 Å². The van der Waals surface area contributed by atoms with Crippen molar-refractivity contribution in [2.24, 2.45) is 0 Å². The molecule has 1 amide bonds. The molecule has 2 aliphatic rings. The number of rotatable bonds is 5. The van der Waals surface area contributed by atoms with Gasteiger partial charge in [-0.3, -0.25) is 9.69 Å². The highest BCUT2D eigenvalue weighted by molar-refractivity contribution is 14.0. The van der Waals surface area contributed by atoms with Crippen molar-refractivity contribution in [3.05, 3.63) is 89.0 Å². The molecule has 5 rings (SSSR count). The van der Waals surface area contributed by atoms with Gasteiger partial charge in [0.25, 0.3) is 5.91 Å². The van der Waals surface area contributed by atoms with Gasteiger partial charge in [0.2, 0.25) is 0 Å². The molecule has 1 fully saturated rings. The Morgan fingerprint density at radius 3 is 2.33 bits per heavy atom. The predicted octanol–water partition coefficient (Wildman–Crippen LogP) is 7.09. The minimum atomic E-state index is 0. The van der Waals surface area contributed by atoms with Crippen LogP contribution >= 0.6 is 24.0 Å². The molecular weight excluding hydrogens is 559 g/mol. The molecule has 0 aliphatic carbocycles. The van der Waals surface area contributed by atoms with Crippen molar-refractivity contribution in [2.75, 3.05) is 31.6 Å². The summed E-state index contributed by atoms with van der Waals surface area (Å²) in [4.78, 5) is 17.7. The highest BCUT2D eigenvalue weighted by atomic mass is 127. The number of fused-ring (bicyclic) bond motifs is 1. The second kappa shape index (κ2) is 12.1. The van der Waals surface area contributed by atoms with Crippen LogP contribution in [0.1, 0.15) is 42.4 Å². The molecule has 0 radical (unpaired) electrons. The summed E-state index contributed by atoms with van der Waals surface area (Å²) in [5.41, 5.74) is 7.45. The van der Waals surface area contributed by atoms with Crippen LogP contribution in [0, 0.1) is 6.92 Å². The number of halogens is 1. The van der Waals surface area contributed by atoms with Crippen LogP contribution in [0.3, 0.4) is 0 Å². The number of nitrogens with zero attached hydrogens (tertiary/aromatic N) is 2. The first kappa shape index (κ1) is 26.4. The average molecular weight is 595 g/mol. The van der Waals surface area contributed by atoms with Crippen LogP contribution in [0.2, 0.25) is 0 Å². The maximum atomic E-state index is 13.4. The number of anilines is 1. The Morgan fingerprint density at radius 2 is 1.61 bits per heavy atom. The fourth-order valence-electron chi connectivity index (χ4n) is 4.95. The molecule has 2 aliphatic heterocycles. The van der Waals surface area contributed by atoms with Crippen LogP contribution in [0.25, 0.3) is 17.2 Å². The van der Waals surface area contributed by atoms with Gasteiger partial charge in [-0.1, -0.05) is 54.4 Å². The minimum absolute atomic E-state index is 0. The number of carbonyl (C=O) groups is 1. The van der Waals surface area contributed by atoms with Gasteiger partial charge in [-0.15, -0.1) is 24.0 Å². The first-order chi connectivity index (χ1) is 17.1. The summed E-state index contributed by atoms with van der Waals surface area (Å²) >= 11 is 0. The van der Waals surface area contributed by atoms with E-state index in [0.717, 1.165) is 40.2 Å². The van der Waals surface area contributed by atoms with Crippen molar-refractivity contribution in [3.8, 4) is 16.9 Å². The van der Waals surface area contributed by atoms with Crippen molar-refractivity contribution < 1.29 is 9.53 Å². The van der Waals surface area contributed by atoms with E-state index < -0.39 is 0 Å². The standard InChI is InChI=1S/C31H34N2O2.HI/c1-23-6-10-25(11-7-23)26-12-15-30-28(20-26)21-27(16-19-35-30)31(34)32(2)29-13-8-24(9-14-29)22-33-17-4-3-5-18-33;/h6-15,20-21H,3-5,16-19,22H2,1-2H3;1H. The average Bonchev–Trinajstić information content (AvgIpc) is 3.11. The molecule has 0 spiro atoms. The molecule has 0 aromatic heterocycles. The van der Waals surface area contributed by atoms with Crippen LogP contribution in [0.5, 0.6) is 5.75 Å². The maximum Gasteiger partial charge on any atom is 0.254 e. The van der Waals surface area contributed by atoms with Gasteiger partial charge in [0, 0.05) is 36.8 Å². The van der Waals surface area contributed by atoms with E-state index in [4.69, 9.17) is 4.74 Å². The third-order valence-electron chi connectivity index (χ3n) is 7.11. The van der Waals surface area contributed by atoms with E-state index >= 15 is 0 Å². The van der Waals surface area contributed by atoms with Gasteiger partial charge in [0.05, 0.1) is 6.61 Å². The largest absolute Gasteiger partial charge is 0.493 e. The molecule has 36 heavy (non-hydrogen) atoms. The van der Waals surface area contributed by atoms with Crippen molar-refractivity contribution in [3.63, 3.8) is 0 Å². The zero-order chi connectivity index (χ0) is 24.2. The quantitative estimate of drug-likeness (QED) is 0.296. The lowest BCUT2D eigenvalue weighted by molar-refractivity contribution is -0.115. The van der Waals surface area contributed by atoms with E-state index in [1.165, 1.54) is 43.5 Å². The highest BCUT2D eigenvalue weighted by Gasteiger charge is 2.20. The van der Waals surface area contributed by atoms with E-state index in [2.05, 4.69) is 72.5 Å². The molecular formula is C31H35IN2O2. The number of hydrogen-bond donors (Lipinski definition) is 0. The molecule has 3 aromatic rings. The van der Waals surface area contributed by atoms with Crippen LogP contribution in [0.15, 0.2) is 72.3 Å². The molecule has 0 atom stereocenters. The molecule has 0 bridgehead atoms. The molecule has 1 saturated heterocycles. The smallest absolute Gasteiger partial charge is 0.254 e. The summed E-state index contributed by atoms with van der Waals surface area (Å²) in [6, 6.07) is 23.2. The molecule has 0 N–H and O–H groups in total. The summed E-state index contributed by atoms with van der Waals surface area (Å²) in [5.74, 6) is 0.847. The number of likely N-dealkylation sites (tertiary alicyclic amines) is 1. The summed E-state index contributed by atoms with van der Waals surface area (Å²) in [6.07, 6.45) is 6.53. The Morgan fingerprint density at radius 1 is 0.917 bits per heavy atom. The summed E-state index contributed by atoms with van der Waals surface area (Å²) in [7, 11) is 1.86. The number of ether oxygens (including phenoxy) is 1. The van der Waals surface area contributed by atoms with Gasteiger partial charge >= 0.3 is 0 Å². The minimum Gasteiger partial charge on any atom is -0.493 e. The lowest BCUT2D eigenvalue weighted by Gasteiger charge is -2.26. The van der Waals surface area contributed by atoms with Crippen LogP contribution in [-0.2, 0) is 11.3 Å². The van der Waals surface area contributed by atoms with E-state index in [1.54, 1.807) is 4.90 Å². The van der Waals surface area contributed by atoms with E-state index in [1.807, 2.05) is 19.2 Å². The van der Waals surface area contributed by atoms with E-state index in [-0.39, 0.29) is 29.9 Å². The maximum absolute atomic E-state index is 13.4. The van der Waals surface area contributed by atoms with Crippen molar-refractivity contribution in [1.29, 1.82) is 0 Å². The van der Waals surface area contributed by atoms with E-state index in [0.29, 0.717) is 13.0 Å². The van der Waals surface area contributed by atoms with Crippen molar-refractivity contribution >= 4 is 41.6 Å². The number of benzene rings is 3. The Labute approximate surface area is 232 Å². The molecule has 0 unspecified atom stereocenters. The number of likely N-dealkylation sites (N-methyl/N-ethyl adjacent to an activating group) is 1. The van der Waals surface area contributed by atoms with Crippen molar-refractivity contribution in [2.45, 2.75) is 39.2 Å². The van der Waals surface area contributed by atoms with Gasteiger partial charge in [-0.05, 0) is 79.9 Å². The SMILES string of the molecule is Cc1ccc(-c2ccc3c(c2)C=C(C(=O)N(C)c2ccc(CN4CCCCC4)cc2)CCO3)cc1.I. The highest BCUT2D eigenvalue weighted by Crippen LogP contribution is 2.32. The normalized spacial score (nSPS) is 15.6. The number of carbonyl (C=O) groups excluding carboxylic acids is 1. The zero-order valence-corrected chi connectivity index (χ0v) is 23.5. The number of piperidine rings is 1. The van der Waals surface area contributed by atoms with Gasteiger partial charge in [0.1, 0.15) is 5.75 Å².